The maximum atomic E-state index is 12.2. The number of thioether (sulfide) groups is 1. The van der Waals surface area contributed by atoms with Gasteiger partial charge >= 0.3 is 0 Å². The minimum absolute atomic E-state index is 0.0617. The second-order valence-corrected chi connectivity index (χ2v) is 7.89. The van der Waals surface area contributed by atoms with Gasteiger partial charge in [0.1, 0.15) is 0 Å². The Balaban J connectivity index is 1.93. The average molecular weight is 354 g/mol. The van der Waals surface area contributed by atoms with Crippen LogP contribution in [0.4, 0.5) is 0 Å². The molecule has 8 heteroatoms. The summed E-state index contributed by atoms with van der Waals surface area (Å²) in [4.78, 5) is 12.2. The van der Waals surface area contributed by atoms with E-state index in [1.54, 1.807) is 16.8 Å². The van der Waals surface area contributed by atoms with Gasteiger partial charge in [-0.3, -0.25) is 4.79 Å². The molecule has 1 aromatic carbocycles. The van der Waals surface area contributed by atoms with Crippen LogP contribution in [-0.4, -0.2) is 31.4 Å². The highest BCUT2D eigenvalue weighted by Gasteiger charge is 2.23. The third kappa shape index (κ3) is 4.94. The van der Waals surface area contributed by atoms with Gasteiger partial charge in [0.15, 0.2) is 0 Å². The van der Waals surface area contributed by atoms with Crippen molar-refractivity contribution in [2.24, 2.45) is 0 Å². The lowest BCUT2D eigenvalue weighted by molar-refractivity contribution is -0.120. The molecule has 1 heterocycles. The van der Waals surface area contributed by atoms with Crippen molar-refractivity contribution in [3.8, 4) is 0 Å². The Labute approximate surface area is 145 Å². The maximum absolute atomic E-state index is 12.2. The number of hydrogen-bond acceptors (Lipinski definition) is 5. The first kappa shape index (κ1) is 17.7. The van der Waals surface area contributed by atoms with E-state index in [1.165, 1.54) is 11.8 Å². The molecule has 0 fully saturated rings. The molecule has 23 heavy (non-hydrogen) atoms. The Bertz CT molecular complexity index is 665. The second kappa shape index (κ2) is 7.31. The van der Waals surface area contributed by atoms with E-state index in [-0.39, 0.29) is 16.7 Å². The largest absolute Gasteiger partial charge is 0.351 e. The number of aromatic nitrogens is 4. The molecule has 1 N–H and O–H groups in total. The van der Waals surface area contributed by atoms with Gasteiger partial charge in [-0.05, 0) is 55.8 Å². The summed E-state index contributed by atoms with van der Waals surface area (Å²) in [7, 11) is 0. The van der Waals surface area contributed by atoms with Gasteiger partial charge in [0.2, 0.25) is 11.1 Å². The lowest BCUT2D eigenvalue weighted by Gasteiger charge is -2.20. The maximum Gasteiger partial charge on any atom is 0.233 e. The van der Waals surface area contributed by atoms with Gasteiger partial charge < -0.3 is 5.32 Å². The molecule has 1 amide bonds. The zero-order valence-corrected chi connectivity index (χ0v) is 15.1. The van der Waals surface area contributed by atoms with Gasteiger partial charge in [0, 0.05) is 11.6 Å². The third-order valence-electron chi connectivity index (χ3n) is 3.11. The number of halogens is 1. The summed E-state index contributed by atoms with van der Waals surface area (Å²) in [5.74, 6) is -0.0617. The fourth-order valence-electron chi connectivity index (χ4n) is 1.82. The summed E-state index contributed by atoms with van der Waals surface area (Å²) in [6.07, 6.45) is 0. The first-order valence-electron chi connectivity index (χ1n) is 7.25. The molecular formula is C15H20ClN5OS. The summed E-state index contributed by atoms with van der Waals surface area (Å²) >= 11 is 7.19. The minimum Gasteiger partial charge on any atom is -0.351 e. The van der Waals surface area contributed by atoms with Crippen LogP contribution in [0.3, 0.4) is 0 Å². The van der Waals surface area contributed by atoms with Crippen LogP contribution >= 0.6 is 23.4 Å². The zero-order chi connectivity index (χ0) is 17.0. The van der Waals surface area contributed by atoms with Crippen LogP contribution in [0.1, 0.15) is 33.3 Å². The number of carbonyl (C=O) groups excluding carboxylic acids is 1. The van der Waals surface area contributed by atoms with Crippen LogP contribution in [-0.2, 0) is 16.9 Å². The van der Waals surface area contributed by atoms with E-state index in [0.29, 0.717) is 16.7 Å². The van der Waals surface area contributed by atoms with Crippen molar-refractivity contribution in [3.63, 3.8) is 0 Å². The molecule has 0 aliphatic rings. The normalized spacial score (nSPS) is 12.9. The van der Waals surface area contributed by atoms with Crippen molar-refractivity contribution in [2.75, 3.05) is 0 Å². The summed E-state index contributed by atoms with van der Waals surface area (Å²) in [5, 5.41) is 15.6. The molecule has 0 aliphatic heterocycles. The third-order valence-corrected chi connectivity index (χ3v) is 4.39. The number of nitrogens with zero attached hydrogens (tertiary/aromatic N) is 4. The summed E-state index contributed by atoms with van der Waals surface area (Å²) < 4.78 is 1.72. The molecule has 2 aromatic rings. The number of amides is 1. The molecule has 0 spiro atoms. The Hall–Kier alpha value is -1.60. The van der Waals surface area contributed by atoms with Gasteiger partial charge in [0.25, 0.3) is 0 Å². The Morgan fingerprint density at radius 1 is 1.35 bits per heavy atom. The van der Waals surface area contributed by atoms with E-state index >= 15 is 0 Å². The monoisotopic (exact) mass is 353 g/mol. The highest BCUT2D eigenvalue weighted by atomic mass is 35.5. The van der Waals surface area contributed by atoms with E-state index in [1.807, 2.05) is 39.8 Å². The standard InChI is InChI=1S/C15H20ClN5OS/c1-10(23-14-18-19-20-21(14)15(2,3)4)13(22)17-9-11-5-7-12(16)8-6-11/h5-8,10H,9H2,1-4H3,(H,17,22). The fourth-order valence-corrected chi connectivity index (χ4v) is 2.95. The lowest BCUT2D eigenvalue weighted by atomic mass is 10.1. The van der Waals surface area contributed by atoms with E-state index in [2.05, 4.69) is 20.8 Å². The molecule has 2 rings (SSSR count). The molecule has 0 saturated carbocycles. The number of nitrogens with one attached hydrogen (secondary N) is 1. The van der Waals surface area contributed by atoms with Crippen molar-refractivity contribution in [1.82, 2.24) is 25.5 Å². The number of benzene rings is 1. The smallest absolute Gasteiger partial charge is 0.233 e. The molecule has 124 valence electrons. The molecule has 6 nitrogen and oxygen atoms in total. The Morgan fingerprint density at radius 2 is 2.00 bits per heavy atom. The van der Waals surface area contributed by atoms with Gasteiger partial charge in [0.05, 0.1) is 10.8 Å². The van der Waals surface area contributed by atoms with E-state index < -0.39 is 0 Å². The number of rotatable bonds is 5. The molecule has 0 bridgehead atoms. The fraction of sp³-hybridized carbons (Fsp3) is 0.467. The highest BCUT2D eigenvalue weighted by molar-refractivity contribution is 8.00. The highest BCUT2D eigenvalue weighted by Crippen LogP contribution is 2.25. The Kier molecular flexibility index (Phi) is 5.64. The van der Waals surface area contributed by atoms with Crippen molar-refractivity contribution < 1.29 is 4.79 Å². The van der Waals surface area contributed by atoms with Crippen molar-refractivity contribution in [3.05, 3.63) is 34.9 Å². The molecule has 0 aliphatic carbocycles. The van der Waals surface area contributed by atoms with Crippen molar-refractivity contribution >= 4 is 29.3 Å². The number of tetrazole rings is 1. The average Bonchev–Trinajstić information content (AvgIpc) is 2.94. The first-order valence-corrected chi connectivity index (χ1v) is 8.51. The molecule has 0 saturated heterocycles. The van der Waals surface area contributed by atoms with E-state index in [9.17, 15) is 4.79 Å². The quantitative estimate of drug-likeness (QED) is 0.837. The molecule has 0 radical (unpaired) electrons. The zero-order valence-electron chi connectivity index (χ0n) is 13.6. The predicted molar refractivity (Wildman–Crippen MR) is 91.4 cm³/mol. The van der Waals surface area contributed by atoms with E-state index in [0.717, 1.165) is 5.56 Å². The Morgan fingerprint density at radius 3 is 2.61 bits per heavy atom. The second-order valence-electron chi connectivity index (χ2n) is 6.15. The first-order chi connectivity index (χ1) is 10.8. The van der Waals surface area contributed by atoms with Crippen LogP contribution in [0.15, 0.2) is 29.4 Å². The summed E-state index contributed by atoms with van der Waals surface area (Å²) in [6, 6.07) is 7.39. The van der Waals surface area contributed by atoms with Crippen LogP contribution in [0, 0.1) is 0 Å². The SMILES string of the molecule is CC(Sc1nnnn1C(C)(C)C)C(=O)NCc1ccc(Cl)cc1. The van der Waals surface area contributed by atoms with Crippen molar-refractivity contribution in [1.29, 1.82) is 0 Å². The minimum atomic E-state index is -0.297. The molecular weight excluding hydrogens is 334 g/mol. The van der Waals surface area contributed by atoms with Crippen LogP contribution in [0.25, 0.3) is 0 Å². The van der Waals surface area contributed by atoms with Gasteiger partial charge in [-0.2, -0.15) is 0 Å². The van der Waals surface area contributed by atoms with Crippen LogP contribution < -0.4 is 5.32 Å². The molecule has 1 aromatic heterocycles. The molecule has 1 unspecified atom stereocenters. The summed E-state index contributed by atoms with van der Waals surface area (Å²) in [5.41, 5.74) is 0.769. The number of carbonyl (C=O) groups is 1. The predicted octanol–water partition coefficient (Wildman–Crippen LogP) is 2.88. The van der Waals surface area contributed by atoms with Gasteiger partial charge in [-0.25, -0.2) is 4.68 Å². The van der Waals surface area contributed by atoms with Gasteiger partial charge in [-0.15, -0.1) is 5.10 Å². The van der Waals surface area contributed by atoms with Crippen molar-refractivity contribution in [2.45, 2.75) is 50.2 Å². The van der Waals surface area contributed by atoms with Gasteiger partial charge in [-0.1, -0.05) is 35.5 Å². The lowest BCUT2D eigenvalue weighted by Crippen LogP contribution is -2.31. The van der Waals surface area contributed by atoms with E-state index in [4.69, 9.17) is 11.6 Å². The van der Waals surface area contributed by atoms with Crippen LogP contribution in [0.2, 0.25) is 5.02 Å². The molecule has 1 atom stereocenters. The number of hydrogen-bond donors (Lipinski definition) is 1. The summed E-state index contributed by atoms with van der Waals surface area (Å²) in [6.45, 7) is 8.34. The van der Waals surface area contributed by atoms with Crippen LogP contribution in [0.5, 0.6) is 0 Å². The topological polar surface area (TPSA) is 72.7 Å².